The number of benzene rings is 1. The maximum atomic E-state index is 12.2. The number of aromatic nitrogens is 3. The van der Waals surface area contributed by atoms with Crippen molar-refractivity contribution in [2.45, 2.75) is 38.6 Å². The molecule has 0 bridgehead atoms. The van der Waals surface area contributed by atoms with Crippen molar-refractivity contribution in [3.63, 3.8) is 0 Å². The summed E-state index contributed by atoms with van der Waals surface area (Å²) in [5.74, 6) is -1.28. The van der Waals surface area contributed by atoms with Crippen LogP contribution in [0.1, 0.15) is 30.7 Å². The van der Waals surface area contributed by atoms with E-state index in [4.69, 9.17) is 5.11 Å². The molecule has 1 aromatic carbocycles. The van der Waals surface area contributed by atoms with Crippen molar-refractivity contribution in [3.05, 3.63) is 41.7 Å². The van der Waals surface area contributed by atoms with Gasteiger partial charge in [0.25, 0.3) is 0 Å². The van der Waals surface area contributed by atoms with Crippen LogP contribution in [0, 0.1) is 12.8 Å². The fraction of sp³-hybridized carbons (Fsp3) is 0.412. The molecule has 1 aliphatic rings. The number of amides is 1. The van der Waals surface area contributed by atoms with Crippen LogP contribution in [0.4, 0.5) is 0 Å². The SMILES string of the molecule is Cc1c(CC(=O)N[C@H]2CC[C@@H](C(=O)O)C2)nnn1-c1ccccc1. The summed E-state index contributed by atoms with van der Waals surface area (Å²) >= 11 is 0. The summed E-state index contributed by atoms with van der Waals surface area (Å²) in [6.07, 6.45) is 1.96. The van der Waals surface area contributed by atoms with E-state index in [9.17, 15) is 9.59 Å². The minimum absolute atomic E-state index is 0.0666. The van der Waals surface area contributed by atoms with Crippen molar-refractivity contribution in [1.29, 1.82) is 0 Å². The van der Waals surface area contributed by atoms with Gasteiger partial charge in [-0.05, 0) is 38.3 Å². The zero-order valence-electron chi connectivity index (χ0n) is 13.5. The van der Waals surface area contributed by atoms with Crippen molar-refractivity contribution < 1.29 is 14.7 Å². The predicted octanol–water partition coefficient (Wildman–Crippen LogP) is 1.49. The van der Waals surface area contributed by atoms with Gasteiger partial charge in [0.1, 0.15) is 0 Å². The molecule has 3 rings (SSSR count). The Morgan fingerprint density at radius 3 is 2.71 bits per heavy atom. The lowest BCUT2D eigenvalue weighted by Gasteiger charge is -2.12. The Morgan fingerprint density at radius 1 is 1.29 bits per heavy atom. The molecular weight excluding hydrogens is 308 g/mol. The highest BCUT2D eigenvalue weighted by Crippen LogP contribution is 2.25. The number of nitrogens with one attached hydrogen (secondary N) is 1. The Balaban J connectivity index is 1.62. The third kappa shape index (κ3) is 3.45. The van der Waals surface area contributed by atoms with Gasteiger partial charge in [-0.3, -0.25) is 9.59 Å². The first-order chi connectivity index (χ1) is 11.5. The van der Waals surface area contributed by atoms with Crippen LogP contribution in [0.3, 0.4) is 0 Å². The number of aliphatic carboxylic acids is 1. The van der Waals surface area contributed by atoms with Crippen LogP contribution in [0.2, 0.25) is 0 Å². The molecule has 1 aliphatic carbocycles. The van der Waals surface area contributed by atoms with Crippen molar-refractivity contribution in [2.75, 3.05) is 0 Å². The molecule has 7 nitrogen and oxygen atoms in total. The molecule has 2 atom stereocenters. The Kier molecular flexibility index (Phi) is 4.59. The zero-order valence-corrected chi connectivity index (χ0v) is 13.5. The van der Waals surface area contributed by atoms with Crippen molar-refractivity contribution in [2.24, 2.45) is 5.92 Å². The third-order valence-electron chi connectivity index (χ3n) is 4.47. The Morgan fingerprint density at radius 2 is 2.04 bits per heavy atom. The van der Waals surface area contributed by atoms with Gasteiger partial charge in [-0.25, -0.2) is 4.68 Å². The number of rotatable bonds is 5. The summed E-state index contributed by atoms with van der Waals surface area (Å²) in [6, 6.07) is 9.55. The lowest BCUT2D eigenvalue weighted by Crippen LogP contribution is -2.34. The standard InChI is InChI=1S/C17H20N4O3/c1-11-15(19-20-21(11)14-5-3-2-4-6-14)10-16(22)18-13-8-7-12(9-13)17(23)24/h2-6,12-13H,7-10H2,1H3,(H,18,22)(H,23,24)/t12-,13+/m1/s1. The number of hydrogen-bond donors (Lipinski definition) is 2. The van der Waals surface area contributed by atoms with E-state index in [-0.39, 0.29) is 24.3 Å². The highest BCUT2D eigenvalue weighted by Gasteiger charge is 2.30. The number of nitrogens with zero attached hydrogens (tertiary/aromatic N) is 3. The molecule has 7 heteroatoms. The van der Waals surface area contributed by atoms with Crippen LogP contribution in [0.5, 0.6) is 0 Å². The maximum Gasteiger partial charge on any atom is 0.306 e. The number of hydrogen-bond acceptors (Lipinski definition) is 4. The molecule has 1 amide bonds. The second kappa shape index (κ2) is 6.82. The lowest BCUT2D eigenvalue weighted by atomic mass is 10.1. The Hall–Kier alpha value is -2.70. The van der Waals surface area contributed by atoms with Gasteiger partial charge in [-0.2, -0.15) is 0 Å². The molecule has 0 radical (unpaired) electrons. The molecule has 1 heterocycles. The van der Waals surface area contributed by atoms with E-state index < -0.39 is 5.97 Å². The molecule has 1 aromatic heterocycles. The van der Waals surface area contributed by atoms with Gasteiger partial charge < -0.3 is 10.4 Å². The minimum atomic E-state index is -0.784. The summed E-state index contributed by atoms with van der Waals surface area (Å²) in [4.78, 5) is 23.2. The van der Waals surface area contributed by atoms with Crippen molar-refractivity contribution in [3.8, 4) is 5.69 Å². The van der Waals surface area contributed by atoms with E-state index in [2.05, 4.69) is 15.6 Å². The van der Waals surface area contributed by atoms with Crippen LogP contribution >= 0.6 is 0 Å². The molecule has 24 heavy (non-hydrogen) atoms. The van der Waals surface area contributed by atoms with Crippen LogP contribution in [0.25, 0.3) is 5.69 Å². The summed E-state index contributed by atoms with van der Waals surface area (Å²) in [7, 11) is 0. The summed E-state index contributed by atoms with van der Waals surface area (Å²) in [6.45, 7) is 1.88. The first kappa shape index (κ1) is 16.2. The quantitative estimate of drug-likeness (QED) is 0.866. The molecule has 126 valence electrons. The first-order valence-corrected chi connectivity index (χ1v) is 8.03. The van der Waals surface area contributed by atoms with E-state index >= 15 is 0 Å². The highest BCUT2D eigenvalue weighted by atomic mass is 16.4. The molecule has 0 saturated heterocycles. The fourth-order valence-corrected chi connectivity index (χ4v) is 3.11. The third-order valence-corrected chi connectivity index (χ3v) is 4.47. The number of carbonyl (C=O) groups is 2. The molecule has 2 aromatic rings. The molecule has 0 unspecified atom stereocenters. The van der Waals surface area contributed by atoms with Gasteiger partial charge >= 0.3 is 5.97 Å². The van der Waals surface area contributed by atoms with E-state index in [1.54, 1.807) is 4.68 Å². The maximum absolute atomic E-state index is 12.2. The van der Waals surface area contributed by atoms with Crippen LogP contribution < -0.4 is 5.32 Å². The number of carbonyl (C=O) groups excluding carboxylic acids is 1. The highest BCUT2D eigenvalue weighted by molar-refractivity contribution is 5.79. The average molecular weight is 328 g/mol. The minimum Gasteiger partial charge on any atom is -0.481 e. The molecule has 2 N–H and O–H groups in total. The van der Waals surface area contributed by atoms with Gasteiger partial charge in [0, 0.05) is 6.04 Å². The van der Waals surface area contributed by atoms with Crippen LogP contribution in [-0.2, 0) is 16.0 Å². The fourth-order valence-electron chi connectivity index (χ4n) is 3.11. The monoisotopic (exact) mass is 328 g/mol. The second-order valence-electron chi connectivity index (χ2n) is 6.16. The second-order valence-corrected chi connectivity index (χ2v) is 6.16. The smallest absolute Gasteiger partial charge is 0.306 e. The van der Waals surface area contributed by atoms with E-state index in [1.165, 1.54) is 0 Å². The summed E-state index contributed by atoms with van der Waals surface area (Å²) in [5.41, 5.74) is 2.35. The van der Waals surface area contributed by atoms with E-state index in [1.807, 2.05) is 37.3 Å². The number of carboxylic acid groups (broad SMARTS) is 1. The average Bonchev–Trinajstić information content (AvgIpc) is 3.16. The van der Waals surface area contributed by atoms with Gasteiger partial charge in [-0.1, -0.05) is 23.4 Å². The largest absolute Gasteiger partial charge is 0.481 e. The number of para-hydroxylation sites is 1. The zero-order chi connectivity index (χ0) is 17.1. The van der Waals surface area contributed by atoms with Gasteiger partial charge in [0.15, 0.2) is 0 Å². The van der Waals surface area contributed by atoms with Crippen LogP contribution in [-0.4, -0.2) is 38.0 Å². The lowest BCUT2D eigenvalue weighted by molar-refractivity contribution is -0.141. The van der Waals surface area contributed by atoms with Gasteiger partial charge in [0.05, 0.1) is 29.4 Å². The van der Waals surface area contributed by atoms with Crippen molar-refractivity contribution in [1.82, 2.24) is 20.3 Å². The van der Waals surface area contributed by atoms with Crippen molar-refractivity contribution >= 4 is 11.9 Å². The number of carboxylic acids is 1. The Bertz CT molecular complexity index is 742. The van der Waals surface area contributed by atoms with Gasteiger partial charge in [-0.15, -0.1) is 5.10 Å². The van der Waals surface area contributed by atoms with E-state index in [0.29, 0.717) is 25.0 Å². The van der Waals surface area contributed by atoms with Gasteiger partial charge in [0.2, 0.25) is 5.91 Å². The van der Waals surface area contributed by atoms with E-state index in [0.717, 1.165) is 11.4 Å². The Labute approximate surface area is 139 Å². The molecule has 0 spiro atoms. The molecule has 1 saturated carbocycles. The summed E-state index contributed by atoms with van der Waals surface area (Å²) in [5, 5.41) is 20.1. The first-order valence-electron chi connectivity index (χ1n) is 8.03. The topological polar surface area (TPSA) is 97.1 Å². The van der Waals surface area contributed by atoms with Crippen LogP contribution in [0.15, 0.2) is 30.3 Å². The normalized spacial score (nSPS) is 20.0. The molecule has 1 fully saturated rings. The molecular formula is C17H20N4O3. The summed E-state index contributed by atoms with van der Waals surface area (Å²) < 4.78 is 1.71. The molecule has 0 aliphatic heterocycles. The predicted molar refractivity (Wildman–Crippen MR) is 86.7 cm³/mol.